The molecule has 1 aromatic heterocycles. The van der Waals surface area contributed by atoms with Crippen LogP contribution in [0.1, 0.15) is 23.6 Å². The first-order chi connectivity index (χ1) is 11.0. The molecule has 2 heterocycles. The van der Waals surface area contributed by atoms with Gasteiger partial charge in [-0.3, -0.25) is 4.79 Å². The molecular formula is C18H25N3O2. The highest BCUT2D eigenvalue weighted by molar-refractivity contribution is 5.88. The number of aliphatic hydroxyl groups excluding tert-OH is 1. The third kappa shape index (κ3) is 2.99. The molecule has 0 bridgehead atoms. The van der Waals surface area contributed by atoms with Crippen molar-refractivity contribution in [1.29, 1.82) is 0 Å². The van der Waals surface area contributed by atoms with Crippen LogP contribution in [0.4, 0.5) is 0 Å². The molecule has 23 heavy (non-hydrogen) atoms. The molecule has 1 aromatic carbocycles. The average molecular weight is 315 g/mol. The summed E-state index contributed by atoms with van der Waals surface area (Å²) in [7, 11) is 4.15. The third-order valence-corrected chi connectivity index (χ3v) is 4.80. The van der Waals surface area contributed by atoms with Crippen molar-refractivity contribution in [3.05, 3.63) is 35.0 Å². The monoisotopic (exact) mass is 315 g/mol. The fraction of sp³-hybridized carbons (Fsp3) is 0.500. The summed E-state index contributed by atoms with van der Waals surface area (Å²) in [5.74, 6) is 0.0251. The van der Waals surface area contributed by atoms with Crippen LogP contribution < -0.4 is 0 Å². The SMILES string of the molecule is CC(=O)N1Cc2c(ccc3[nH]cc(CCN(C)C)c23)C[C@H]1CO. The number of nitrogens with zero attached hydrogens (tertiary/aromatic N) is 2. The normalized spacial score (nSPS) is 17.8. The first-order valence-electron chi connectivity index (χ1n) is 8.14. The minimum absolute atomic E-state index is 0.0116. The largest absolute Gasteiger partial charge is 0.394 e. The Balaban J connectivity index is 2.04. The van der Waals surface area contributed by atoms with Gasteiger partial charge < -0.3 is 19.9 Å². The summed E-state index contributed by atoms with van der Waals surface area (Å²) in [4.78, 5) is 19.3. The Morgan fingerprint density at radius 3 is 2.87 bits per heavy atom. The Hall–Kier alpha value is -1.85. The van der Waals surface area contributed by atoms with Crippen LogP contribution in [-0.2, 0) is 24.2 Å². The van der Waals surface area contributed by atoms with Crippen LogP contribution >= 0.6 is 0 Å². The number of amides is 1. The van der Waals surface area contributed by atoms with Crippen LogP contribution in [0, 0.1) is 0 Å². The molecule has 0 fully saturated rings. The molecule has 2 aromatic rings. The fourth-order valence-electron chi connectivity index (χ4n) is 3.52. The molecule has 0 spiro atoms. The molecule has 1 amide bonds. The molecule has 0 saturated carbocycles. The number of rotatable bonds is 4. The lowest BCUT2D eigenvalue weighted by Gasteiger charge is -2.36. The van der Waals surface area contributed by atoms with E-state index in [0.717, 1.165) is 24.9 Å². The van der Waals surface area contributed by atoms with Crippen molar-refractivity contribution in [3.63, 3.8) is 0 Å². The van der Waals surface area contributed by atoms with E-state index in [1.807, 2.05) is 0 Å². The van der Waals surface area contributed by atoms with Gasteiger partial charge >= 0.3 is 0 Å². The predicted molar refractivity (Wildman–Crippen MR) is 91.4 cm³/mol. The second-order valence-corrected chi connectivity index (χ2v) is 6.68. The summed E-state index contributed by atoms with van der Waals surface area (Å²) in [5, 5.41) is 10.9. The van der Waals surface area contributed by atoms with Gasteiger partial charge in [0.15, 0.2) is 0 Å². The number of H-pyrrole nitrogens is 1. The lowest BCUT2D eigenvalue weighted by Crippen LogP contribution is -2.45. The van der Waals surface area contributed by atoms with Crippen molar-refractivity contribution in [2.24, 2.45) is 0 Å². The molecule has 5 nitrogen and oxygen atoms in total. The van der Waals surface area contributed by atoms with E-state index in [1.165, 1.54) is 22.1 Å². The Bertz CT molecular complexity index is 720. The molecule has 0 saturated heterocycles. The summed E-state index contributed by atoms with van der Waals surface area (Å²) in [6, 6.07) is 4.14. The van der Waals surface area contributed by atoms with Crippen molar-refractivity contribution in [1.82, 2.24) is 14.8 Å². The molecule has 1 aliphatic rings. The van der Waals surface area contributed by atoms with Gasteiger partial charge in [0.1, 0.15) is 0 Å². The van der Waals surface area contributed by atoms with Crippen molar-refractivity contribution in [3.8, 4) is 0 Å². The van der Waals surface area contributed by atoms with Crippen LogP contribution in [0.3, 0.4) is 0 Å². The zero-order chi connectivity index (χ0) is 16.6. The van der Waals surface area contributed by atoms with Crippen LogP contribution in [0.5, 0.6) is 0 Å². The number of carbonyl (C=O) groups excluding carboxylic acids is 1. The summed E-state index contributed by atoms with van der Waals surface area (Å²) < 4.78 is 0. The minimum Gasteiger partial charge on any atom is -0.394 e. The van der Waals surface area contributed by atoms with Crippen LogP contribution in [0.25, 0.3) is 10.9 Å². The summed E-state index contributed by atoms with van der Waals surface area (Å²) in [6.07, 6.45) is 3.79. The zero-order valence-electron chi connectivity index (χ0n) is 14.1. The first-order valence-corrected chi connectivity index (χ1v) is 8.14. The molecule has 5 heteroatoms. The van der Waals surface area contributed by atoms with Crippen LogP contribution in [-0.4, -0.2) is 59.1 Å². The Kier molecular flexibility index (Phi) is 4.41. The Morgan fingerprint density at radius 1 is 1.43 bits per heavy atom. The summed E-state index contributed by atoms with van der Waals surface area (Å²) >= 11 is 0. The number of hydrogen-bond acceptors (Lipinski definition) is 3. The molecule has 3 rings (SSSR count). The number of aromatic nitrogens is 1. The smallest absolute Gasteiger partial charge is 0.220 e. The van der Waals surface area contributed by atoms with Gasteiger partial charge in [-0.1, -0.05) is 6.07 Å². The highest BCUT2D eigenvalue weighted by Gasteiger charge is 2.29. The molecule has 1 aliphatic heterocycles. The molecule has 2 N–H and O–H groups in total. The van der Waals surface area contributed by atoms with Gasteiger partial charge in [0, 0.05) is 37.1 Å². The minimum atomic E-state index is -0.110. The molecule has 1 atom stereocenters. The number of benzene rings is 1. The van der Waals surface area contributed by atoms with E-state index >= 15 is 0 Å². The number of carbonyl (C=O) groups is 1. The van der Waals surface area contributed by atoms with Crippen molar-refractivity contribution in [2.45, 2.75) is 32.4 Å². The van der Waals surface area contributed by atoms with Gasteiger partial charge in [-0.15, -0.1) is 0 Å². The number of hydrogen-bond donors (Lipinski definition) is 2. The second kappa shape index (κ2) is 6.34. The summed E-state index contributed by atoms with van der Waals surface area (Å²) in [5.41, 5.74) is 4.91. The molecular weight excluding hydrogens is 290 g/mol. The number of nitrogens with one attached hydrogen (secondary N) is 1. The predicted octanol–water partition coefficient (Wildman–Crippen LogP) is 1.54. The average Bonchev–Trinajstić information content (AvgIpc) is 2.94. The molecule has 124 valence electrons. The van der Waals surface area contributed by atoms with Gasteiger partial charge in [-0.2, -0.15) is 0 Å². The maximum absolute atomic E-state index is 12.0. The van der Waals surface area contributed by atoms with E-state index in [-0.39, 0.29) is 18.6 Å². The molecule has 0 aliphatic carbocycles. The molecule has 0 unspecified atom stereocenters. The van der Waals surface area contributed by atoms with E-state index in [1.54, 1.807) is 11.8 Å². The van der Waals surface area contributed by atoms with Crippen LogP contribution in [0.2, 0.25) is 0 Å². The van der Waals surface area contributed by atoms with Gasteiger partial charge in [0.2, 0.25) is 5.91 Å². The lowest BCUT2D eigenvalue weighted by molar-refractivity contribution is -0.133. The highest BCUT2D eigenvalue weighted by atomic mass is 16.3. The lowest BCUT2D eigenvalue weighted by atomic mass is 9.90. The van der Waals surface area contributed by atoms with Gasteiger partial charge in [-0.25, -0.2) is 0 Å². The maximum atomic E-state index is 12.0. The number of aromatic amines is 1. The quantitative estimate of drug-likeness (QED) is 0.900. The van der Waals surface area contributed by atoms with Crippen molar-refractivity contribution >= 4 is 16.8 Å². The molecule has 0 radical (unpaired) electrons. The van der Waals surface area contributed by atoms with Gasteiger partial charge in [0.05, 0.1) is 12.6 Å². The van der Waals surface area contributed by atoms with E-state index in [9.17, 15) is 9.90 Å². The number of aliphatic hydroxyl groups is 1. The Labute approximate surface area is 136 Å². The second-order valence-electron chi connectivity index (χ2n) is 6.68. The Morgan fingerprint density at radius 2 is 2.22 bits per heavy atom. The number of likely N-dealkylation sites (N-methyl/N-ethyl adjacent to an activating group) is 1. The van der Waals surface area contributed by atoms with E-state index in [2.05, 4.69) is 42.3 Å². The fourth-order valence-corrected chi connectivity index (χ4v) is 3.52. The number of fused-ring (bicyclic) bond motifs is 3. The van der Waals surface area contributed by atoms with Crippen molar-refractivity contribution < 1.29 is 9.90 Å². The topological polar surface area (TPSA) is 59.6 Å². The summed E-state index contributed by atoms with van der Waals surface area (Å²) in [6.45, 7) is 3.17. The zero-order valence-corrected chi connectivity index (χ0v) is 14.1. The van der Waals surface area contributed by atoms with Gasteiger partial charge in [-0.05, 0) is 49.7 Å². The maximum Gasteiger partial charge on any atom is 0.220 e. The highest BCUT2D eigenvalue weighted by Crippen LogP contribution is 2.32. The van der Waals surface area contributed by atoms with E-state index < -0.39 is 0 Å². The van der Waals surface area contributed by atoms with Crippen molar-refractivity contribution in [2.75, 3.05) is 27.2 Å². The van der Waals surface area contributed by atoms with E-state index in [4.69, 9.17) is 0 Å². The van der Waals surface area contributed by atoms with E-state index in [0.29, 0.717) is 6.54 Å². The van der Waals surface area contributed by atoms with Crippen LogP contribution in [0.15, 0.2) is 18.3 Å². The standard InChI is InChI=1S/C18H25N3O2/c1-12(23)21-10-16-13(8-15(21)11-22)4-5-17-18(16)14(9-19-17)6-7-20(2)3/h4-5,9,15,19,22H,6-8,10-11H2,1-3H3/t15-/m0/s1. The third-order valence-electron chi connectivity index (χ3n) is 4.80. The first kappa shape index (κ1) is 16.0. The van der Waals surface area contributed by atoms with Gasteiger partial charge in [0.25, 0.3) is 0 Å².